The van der Waals surface area contributed by atoms with Crippen molar-refractivity contribution < 1.29 is 0 Å². The first-order valence-corrected chi connectivity index (χ1v) is 5.50. The number of nitrogens with zero attached hydrogens (tertiary/aromatic N) is 1. The zero-order chi connectivity index (χ0) is 10.8. The highest BCUT2D eigenvalue weighted by Gasteiger charge is 2.16. The molecule has 0 unspecified atom stereocenters. The van der Waals surface area contributed by atoms with E-state index in [9.17, 15) is 0 Å². The second kappa shape index (κ2) is 4.20. The van der Waals surface area contributed by atoms with Gasteiger partial charge in [-0.1, -0.05) is 32.9 Å². The third kappa shape index (κ3) is 3.57. The van der Waals surface area contributed by atoms with Gasteiger partial charge in [0.1, 0.15) is 0 Å². The zero-order valence-electron chi connectivity index (χ0n) is 10.1. The van der Waals surface area contributed by atoms with Gasteiger partial charge in [-0.05, 0) is 31.6 Å². The van der Waals surface area contributed by atoms with Gasteiger partial charge in [0, 0.05) is 18.4 Å². The zero-order valence-corrected chi connectivity index (χ0v) is 10.1. The first kappa shape index (κ1) is 11.4. The molecular formula is C13H23N. The van der Waals surface area contributed by atoms with Crippen molar-refractivity contribution >= 4 is 0 Å². The van der Waals surface area contributed by atoms with Crippen LogP contribution in [0.25, 0.3) is 0 Å². The van der Waals surface area contributed by atoms with Gasteiger partial charge < -0.3 is 4.90 Å². The van der Waals surface area contributed by atoms with Crippen LogP contribution < -0.4 is 0 Å². The fourth-order valence-corrected chi connectivity index (χ4v) is 1.89. The summed E-state index contributed by atoms with van der Waals surface area (Å²) in [7, 11) is 0. The molecule has 1 aliphatic rings. The lowest BCUT2D eigenvalue weighted by Crippen LogP contribution is -2.24. The molecule has 1 heterocycles. The molecule has 0 spiro atoms. The Kier molecular flexibility index (Phi) is 3.41. The summed E-state index contributed by atoms with van der Waals surface area (Å²) < 4.78 is 0. The summed E-state index contributed by atoms with van der Waals surface area (Å²) >= 11 is 0. The second-order valence-electron chi connectivity index (χ2n) is 5.58. The van der Waals surface area contributed by atoms with E-state index in [1.165, 1.54) is 24.1 Å². The Morgan fingerprint density at radius 2 is 2.14 bits per heavy atom. The first-order valence-electron chi connectivity index (χ1n) is 5.50. The molecule has 14 heavy (non-hydrogen) atoms. The highest BCUT2D eigenvalue weighted by Crippen LogP contribution is 2.27. The van der Waals surface area contributed by atoms with Crippen LogP contribution in [0.4, 0.5) is 0 Å². The van der Waals surface area contributed by atoms with E-state index in [-0.39, 0.29) is 0 Å². The van der Waals surface area contributed by atoms with Crippen LogP contribution in [0, 0.1) is 5.41 Å². The molecule has 1 nitrogen and oxygen atoms in total. The van der Waals surface area contributed by atoms with Crippen molar-refractivity contribution in [1.82, 2.24) is 4.90 Å². The van der Waals surface area contributed by atoms with Crippen LogP contribution in [0.15, 0.2) is 24.0 Å². The molecule has 0 aromatic carbocycles. The van der Waals surface area contributed by atoms with Crippen molar-refractivity contribution in [2.45, 2.75) is 47.0 Å². The molecule has 0 aromatic rings. The molecule has 80 valence electrons. The van der Waals surface area contributed by atoms with Gasteiger partial charge in [0.15, 0.2) is 0 Å². The van der Waals surface area contributed by atoms with E-state index in [1.54, 1.807) is 0 Å². The molecule has 1 rings (SSSR count). The summed E-state index contributed by atoms with van der Waals surface area (Å²) in [4.78, 5) is 2.32. The molecule has 0 fully saturated rings. The van der Waals surface area contributed by atoms with Gasteiger partial charge in [0.25, 0.3) is 0 Å². The summed E-state index contributed by atoms with van der Waals surface area (Å²) in [5.41, 5.74) is 3.08. The fraction of sp³-hybridized carbons (Fsp3) is 0.692. The Balaban J connectivity index is 2.57. The maximum absolute atomic E-state index is 4.18. The van der Waals surface area contributed by atoms with Crippen LogP contribution in [0.3, 0.4) is 0 Å². The van der Waals surface area contributed by atoms with Crippen LogP contribution in [0.1, 0.15) is 47.0 Å². The SMILES string of the molecule is C=C(CC(C)(C)C)N1C=C(C)CCC1. The van der Waals surface area contributed by atoms with Crippen molar-refractivity contribution in [3.05, 3.63) is 24.0 Å². The minimum atomic E-state index is 0.344. The van der Waals surface area contributed by atoms with Gasteiger partial charge in [-0.15, -0.1) is 0 Å². The van der Waals surface area contributed by atoms with E-state index in [0.717, 1.165) is 13.0 Å². The smallest absolute Gasteiger partial charge is 0.0225 e. The van der Waals surface area contributed by atoms with Crippen molar-refractivity contribution in [2.75, 3.05) is 6.54 Å². The minimum absolute atomic E-state index is 0.344. The molecule has 0 saturated carbocycles. The van der Waals surface area contributed by atoms with Gasteiger partial charge >= 0.3 is 0 Å². The molecule has 0 radical (unpaired) electrons. The highest BCUT2D eigenvalue weighted by molar-refractivity contribution is 5.10. The molecule has 0 aliphatic carbocycles. The van der Waals surface area contributed by atoms with Crippen LogP contribution in [-0.4, -0.2) is 11.4 Å². The molecule has 0 amide bonds. The van der Waals surface area contributed by atoms with E-state index >= 15 is 0 Å². The lowest BCUT2D eigenvalue weighted by atomic mass is 9.90. The standard InChI is InChI=1S/C13H23N/c1-11-7-6-8-14(10-11)12(2)9-13(3,4)5/h10H,2,6-9H2,1,3-5H3. The summed E-state index contributed by atoms with van der Waals surface area (Å²) in [5, 5.41) is 0. The third-order valence-corrected chi connectivity index (χ3v) is 2.49. The molecule has 0 aromatic heterocycles. The first-order chi connectivity index (χ1) is 6.38. The fourth-order valence-electron chi connectivity index (χ4n) is 1.89. The predicted molar refractivity (Wildman–Crippen MR) is 62.9 cm³/mol. The maximum Gasteiger partial charge on any atom is 0.0225 e. The van der Waals surface area contributed by atoms with Crippen LogP contribution in [-0.2, 0) is 0 Å². The van der Waals surface area contributed by atoms with Gasteiger partial charge in [0.2, 0.25) is 0 Å². The van der Waals surface area contributed by atoms with Crippen molar-refractivity contribution in [2.24, 2.45) is 5.41 Å². The average molecular weight is 193 g/mol. The Hall–Kier alpha value is -0.720. The van der Waals surface area contributed by atoms with E-state index in [4.69, 9.17) is 0 Å². The van der Waals surface area contributed by atoms with Crippen molar-refractivity contribution in [3.8, 4) is 0 Å². The van der Waals surface area contributed by atoms with Crippen LogP contribution in [0.2, 0.25) is 0 Å². The monoisotopic (exact) mass is 193 g/mol. The Morgan fingerprint density at radius 1 is 1.50 bits per heavy atom. The highest BCUT2D eigenvalue weighted by atomic mass is 15.1. The van der Waals surface area contributed by atoms with E-state index in [0.29, 0.717) is 5.41 Å². The lowest BCUT2D eigenvalue weighted by Gasteiger charge is -2.31. The number of hydrogen-bond donors (Lipinski definition) is 0. The summed E-state index contributed by atoms with van der Waals surface area (Å²) in [5.74, 6) is 0. The normalized spacial score (nSPS) is 18.0. The van der Waals surface area contributed by atoms with E-state index in [1.807, 2.05) is 0 Å². The number of rotatable bonds is 2. The number of allylic oxidation sites excluding steroid dienone is 2. The minimum Gasteiger partial charge on any atom is -0.352 e. The summed E-state index contributed by atoms with van der Waals surface area (Å²) in [6, 6.07) is 0. The van der Waals surface area contributed by atoms with Crippen molar-refractivity contribution in [1.29, 1.82) is 0 Å². The van der Waals surface area contributed by atoms with Gasteiger partial charge in [-0.25, -0.2) is 0 Å². The van der Waals surface area contributed by atoms with E-state index in [2.05, 4.69) is 45.4 Å². The van der Waals surface area contributed by atoms with Crippen molar-refractivity contribution in [3.63, 3.8) is 0 Å². The predicted octanol–water partition coefficient (Wildman–Crippen LogP) is 3.94. The lowest BCUT2D eigenvalue weighted by molar-refractivity contribution is 0.334. The largest absolute Gasteiger partial charge is 0.352 e. The summed E-state index contributed by atoms with van der Waals surface area (Å²) in [6.07, 6.45) is 5.86. The molecule has 0 N–H and O–H groups in total. The topological polar surface area (TPSA) is 3.24 Å². The molecular weight excluding hydrogens is 170 g/mol. The number of hydrogen-bond acceptors (Lipinski definition) is 1. The Bertz CT molecular complexity index is 242. The van der Waals surface area contributed by atoms with Gasteiger partial charge in [-0.3, -0.25) is 0 Å². The Labute approximate surface area is 88.5 Å². The van der Waals surface area contributed by atoms with Crippen LogP contribution >= 0.6 is 0 Å². The molecule has 0 atom stereocenters. The maximum atomic E-state index is 4.18. The molecule has 1 heteroatoms. The van der Waals surface area contributed by atoms with Crippen LogP contribution in [0.5, 0.6) is 0 Å². The Morgan fingerprint density at radius 3 is 2.64 bits per heavy atom. The average Bonchev–Trinajstić information content (AvgIpc) is 2.01. The van der Waals surface area contributed by atoms with E-state index < -0.39 is 0 Å². The third-order valence-electron chi connectivity index (χ3n) is 2.49. The quantitative estimate of drug-likeness (QED) is 0.642. The summed E-state index contributed by atoms with van der Waals surface area (Å²) in [6.45, 7) is 14.3. The molecule has 0 bridgehead atoms. The molecule has 0 saturated heterocycles. The second-order valence-corrected chi connectivity index (χ2v) is 5.58. The van der Waals surface area contributed by atoms with Gasteiger partial charge in [0.05, 0.1) is 0 Å². The molecule has 1 aliphatic heterocycles. The van der Waals surface area contributed by atoms with Gasteiger partial charge in [-0.2, -0.15) is 0 Å².